The molecular formula is C21H29NO2S. The second kappa shape index (κ2) is 6.49. The van der Waals surface area contributed by atoms with E-state index in [1.54, 1.807) is 24.3 Å². The van der Waals surface area contributed by atoms with Gasteiger partial charge < -0.3 is 0 Å². The number of nitrogens with one attached hydrogen (secondary N) is 1. The highest BCUT2D eigenvalue weighted by molar-refractivity contribution is 7.92. The molecule has 0 saturated heterocycles. The molecule has 0 atom stereocenters. The van der Waals surface area contributed by atoms with Crippen molar-refractivity contribution < 1.29 is 8.42 Å². The van der Waals surface area contributed by atoms with Gasteiger partial charge in [-0.15, -0.1) is 0 Å². The van der Waals surface area contributed by atoms with Crippen LogP contribution < -0.4 is 4.72 Å². The lowest BCUT2D eigenvalue weighted by molar-refractivity contribution is 0.568. The lowest BCUT2D eigenvalue weighted by Crippen LogP contribution is -2.19. The summed E-state index contributed by atoms with van der Waals surface area (Å²) in [5, 5.41) is 0. The van der Waals surface area contributed by atoms with Crippen LogP contribution in [-0.4, -0.2) is 8.42 Å². The Bertz CT molecular complexity index is 820. The van der Waals surface area contributed by atoms with Gasteiger partial charge in [0.1, 0.15) is 0 Å². The fourth-order valence-electron chi connectivity index (χ4n) is 2.48. The van der Waals surface area contributed by atoms with Crippen LogP contribution in [0.5, 0.6) is 0 Å². The molecule has 0 saturated carbocycles. The van der Waals surface area contributed by atoms with Crippen molar-refractivity contribution in [2.75, 3.05) is 4.72 Å². The second-order valence-corrected chi connectivity index (χ2v) is 10.4. The number of benzene rings is 2. The Kier molecular flexibility index (Phi) is 5.06. The molecule has 1 N–H and O–H groups in total. The monoisotopic (exact) mass is 359 g/mol. The van der Waals surface area contributed by atoms with Gasteiger partial charge in [0.15, 0.2) is 0 Å². The molecule has 0 heterocycles. The lowest BCUT2D eigenvalue weighted by atomic mass is 9.80. The zero-order valence-corrected chi connectivity index (χ0v) is 17.1. The number of hydrogen-bond acceptors (Lipinski definition) is 2. The minimum absolute atomic E-state index is 0.0642. The van der Waals surface area contributed by atoms with Crippen LogP contribution in [0.25, 0.3) is 0 Å². The first-order valence-corrected chi connectivity index (χ1v) is 10.0. The predicted octanol–water partition coefficient (Wildman–Crippen LogP) is 5.39. The van der Waals surface area contributed by atoms with Gasteiger partial charge in [-0.05, 0) is 53.1 Å². The Labute approximate surface area is 152 Å². The maximum absolute atomic E-state index is 12.7. The van der Waals surface area contributed by atoms with Crippen molar-refractivity contribution in [3.63, 3.8) is 0 Å². The molecule has 0 unspecified atom stereocenters. The molecule has 3 nitrogen and oxygen atoms in total. The lowest BCUT2D eigenvalue weighted by Gasteiger charge is -2.26. The van der Waals surface area contributed by atoms with Crippen LogP contribution in [0.15, 0.2) is 47.4 Å². The third-order valence-electron chi connectivity index (χ3n) is 4.25. The van der Waals surface area contributed by atoms with Crippen molar-refractivity contribution in [1.29, 1.82) is 0 Å². The van der Waals surface area contributed by atoms with Crippen molar-refractivity contribution in [3.8, 4) is 0 Å². The van der Waals surface area contributed by atoms with Crippen molar-refractivity contribution in [1.82, 2.24) is 0 Å². The molecule has 0 radical (unpaired) electrons. The van der Waals surface area contributed by atoms with Crippen LogP contribution in [0.4, 0.5) is 5.69 Å². The van der Waals surface area contributed by atoms with Gasteiger partial charge in [-0.2, -0.15) is 0 Å². The van der Waals surface area contributed by atoms with Gasteiger partial charge in [-0.3, -0.25) is 4.72 Å². The number of hydrogen-bond donors (Lipinski definition) is 1. The highest BCUT2D eigenvalue weighted by Gasteiger charge is 2.22. The molecule has 0 aromatic heterocycles. The third-order valence-corrected chi connectivity index (χ3v) is 5.65. The van der Waals surface area contributed by atoms with Crippen LogP contribution >= 0.6 is 0 Å². The van der Waals surface area contributed by atoms with Crippen molar-refractivity contribution >= 4 is 15.7 Å². The minimum Gasteiger partial charge on any atom is -0.280 e. The molecule has 2 rings (SSSR count). The molecule has 0 aliphatic carbocycles. The Hall–Kier alpha value is -1.81. The zero-order chi connectivity index (χ0) is 19.0. The summed E-state index contributed by atoms with van der Waals surface area (Å²) in [5.74, 6) is 0. The highest BCUT2D eigenvalue weighted by Crippen LogP contribution is 2.32. The third kappa shape index (κ3) is 4.85. The van der Waals surface area contributed by atoms with Gasteiger partial charge in [0.25, 0.3) is 10.0 Å². The number of sulfonamides is 1. The van der Waals surface area contributed by atoms with E-state index in [1.807, 2.05) is 19.1 Å². The maximum Gasteiger partial charge on any atom is 0.261 e. The summed E-state index contributed by atoms with van der Waals surface area (Å²) < 4.78 is 28.2. The standard InChI is InChI=1S/C21H29NO2S/c1-15-8-10-19(11-9-15)25(23,24)22-18-13-16(20(2,3)4)12-17(14-18)21(5,6)7/h8-14,22H,1-7H3. The molecular weight excluding hydrogens is 330 g/mol. The van der Waals surface area contributed by atoms with E-state index in [2.05, 4.69) is 52.3 Å². The van der Waals surface area contributed by atoms with E-state index in [4.69, 9.17) is 0 Å². The first kappa shape index (κ1) is 19.5. The van der Waals surface area contributed by atoms with Crippen LogP contribution in [0.2, 0.25) is 0 Å². The molecule has 136 valence electrons. The molecule has 2 aromatic carbocycles. The quantitative estimate of drug-likeness (QED) is 0.798. The SMILES string of the molecule is Cc1ccc(S(=O)(=O)Nc2cc(C(C)(C)C)cc(C(C)(C)C)c2)cc1. The van der Waals surface area contributed by atoms with Gasteiger partial charge in [0.05, 0.1) is 4.90 Å². The first-order valence-electron chi connectivity index (χ1n) is 8.54. The van der Waals surface area contributed by atoms with Gasteiger partial charge in [-0.1, -0.05) is 65.3 Å². The van der Waals surface area contributed by atoms with E-state index >= 15 is 0 Å². The summed E-state index contributed by atoms with van der Waals surface area (Å²) in [6.07, 6.45) is 0. The molecule has 0 amide bonds. The van der Waals surface area contributed by atoms with Gasteiger partial charge in [0, 0.05) is 5.69 Å². The predicted molar refractivity (Wildman–Crippen MR) is 106 cm³/mol. The fourth-order valence-corrected chi connectivity index (χ4v) is 3.52. The number of aryl methyl sites for hydroxylation is 1. The van der Waals surface area contributed by atoms with Crippen molar-refractivity contribution in [3.05, 3.63) is 59.2 Å². The van der Waals surface area contributed by atoms with E-state index in [9.17, 15) is 8.42 Å². The van der Waals surface area contributed by atoms with E-state index in [0.717, 1.165) is 16.7 Å². The minimum atomic E-state index is -3.60. The average molecular weight is 360 g/mol. The summed E-state index contributed by atoms with van der Waals surface area (Å²) >= 11 is 0. The maximum atomic E-state index is 12.7. The summed E-state index contributed by atoms with van der Waals surface area (Å²) in [7, 11) is -3.60. The summed E-state index contributed by atoms with van der Waals surface area (Å²) in [5.41, 5.74) is 3.74. The summed E-state index contributed by atoms with van der Waals surface area (Å²) in [6.45, 7) is 14.7. The van der Waals surface area contributed by atoms with Crippen LogP contribution in [-0.2, 0) is 20.9 Å². The Morgan fingerprint density at radius 1 is 0.760 bits per heavy atom. The van der Waals surface area contributed by atoms with Crippen LogP contribution in [0.1, 0.15) is 58.2 Å². The molecule has 4 heteroatoms. The van der Waals surface area contributed by atoms with Gasteiger partial charge in [0.2, 0.25) is 0 Å². The van der Waals surface area contributed by atoms with E-state index < -0.39 is 10.0 Å². The number of rotatable bonds is 3. The molecule has 0 aliphatic rings. The smallest absolute Gasteiger partial charge is 0.261 e. The normalized spacial score (nSPS) is 12.9. The highest BCUT2D eigenvalue weighted by atomic mass is 32.2. The topological polar surface area (TPSA) is 46.2 Å². The Morgan fingerprint density at radius 2 is 1.20 bits per heavy atom. The van der Waals surface area contributed by atoms with Crippen LogP contribution in [0, 0.1) is 6.92 Å². The van der Waals surface area contributed by atoms with Gasteiger partial charge in [-0.25, -0.2) is 8.42 Å². The second-order valence-electron chi connectivity index (χ2n) is 8.72. The van der Waals surface area contributed by atoms with Crippen molar-refractivity contribution in [2.24, 2.45) is 0 Å². The van der Waals surface area contributed by atoms with Crippen LogP contribution in [0.3, 0.4) is 0 Å². The molecule has 0 aliphatic heterocycles. The molecule has 0 bridgehead atoms. The molecule has 0 spiro atoms. The summed E-state index contributed by atoms with van der Waals surface area (Å²) in [4.78, 5) is 0.275. The molecule has 0 fully saturated rings. The zero-order valence-electron chi connectivity index (χ0n) is 16.3. The van der Waals surface area contributed by atoms with Gasteiger partial charge >= 0.3 is 0 Å². The largest absolute Gasteiger partial charge is 0.280 e. The first-order chi connectivity index (χ1) is 11.3. The fraction of sp³-hybridized carbons (Fsp3) is 0.429. The molecule has 2 aromatic rings. The average Bonchev–Trinajstić information content (AvgIpc) is 2.45. The van der Waals surface area contributed by atoms with E-state index in [1.165, 1.54) is 0 Å². The molecule has 25 heavy (non-hydrogen) atoms. The van der Waals surface area contributed by atoms with E-state index in [0.29, 0.717) is 5.69 Å². The summed E-state index contributed by atoms with van der Waals surface area (Å²) in [6, 6.07) is 12.9. The number of anilines is 1. The Balaban J connectivity index is 2.49. The van der Waals surface area contributed by atoms with E-state index in [-0.39, 0.29) is 15.7 Å². The van der Waals surface area contributed by atoms with Crippen molar-refractivity contribution in [2.45, 2.75) is 64.2 Å². The Morgan fingerprint density at radius 3 is 1.60 bits per heavy atom.